The van der Waals surface area contributed by atoms with Gasteiger partial charge in [0.05, 0.1) is 5.57 Å². The summed E-state index contributed by atoms with van der Waals surface area (Å²) in [5.74, 6) is 0.259. The standard InChI is InChI=1S/C22H26N6O/c29-22-16(20(26-27-22)21-23-9-6-10-24-21)13-19-17(14-28-11-4-1-5-12-28)15-7-2-3-8-18(15)25-19/h6,9-10,13,25H,1-5,7-8,11-12,14H2,(H,27,29). The minimum atomic E-state index is -0.205. The van der Waals surface area contributed by atoms with Gasteiger partial charge in [0.2, 0.25) is 0 Å². The lowest BCUT2D eigenvalue weighted by molar-refractivity contribution is -0.116. The molecule has 0 bridgehead atoms. The number of hydrazone groups is 1. The second-order valence-corrected chi connectivity index (χ2v) is 8.05. The van der Waals surface area contributed by atoms with Gasteiger partial charge in [0.1, 0.15) is 5.71 Å². The number of hydrogen-bond donors (Lipinski definition) is 2. The Bertz CT molecular complexity index is 969. The zero-order valence-electron chi connectivity index (χ0n) is 16.6. The lowest BCUT2D eigenvalue weighted by atomic mass is 9.93. The average molecular weight is 390 g/mol. The van der Waals surface area contributed by atoms with Gasteiger partial charge in [0.15, 0.2) is 5.82 Å². The Kier molecular flexibility index (Phi) is 4.97. The number of nitrogens with one attached hydrogen (secondary N) is 2. The van der Waals surface area contributed by atoms with E-state index in [9.17, 15) is 4.79 Å². The zero-order valence-corrected chi connectivity index (χ0v) is 16.6. The van der Waals surface area contributed by atoms with Crippen molar-refractivity contribution in [3.05, 3.63) is 52.4 Å². The molecule has 1 fully saturated rings. The molecule has 7 heteroatoms. The Labute approximate surface area is 170 Å². The van der Waals surface area contributed by atoms with Gasteiger partial charge in [-0.25, -0.2) is 15.4 Å². The van der Waals surface area contributed by atoms with Crippen LogP contribution >= 0.6 is 0 Å². The average Bonchev–Trinajstić information content (AvgIpc) is 3.30. The Balaban J connectivity index is 1.53. The molecule has 1 amide bonds. The van der Waals surface area contributed by atoms with Crippen molar-refractivity contribution in [2.45, 2.75) is 51.5 Å². The van der Waals surface area contributed by atoms with Crippen LogP contribution in [0.2, 0.25) is 0 Å². The van der Waals surface area contributed by atoms with Crippen LogP contribution in [0.4, 0.5) is 0 Å². The van der Waals surface area contributed by atoms with Crippen molar-refractivity contribution in [1.29, 1.82) is 0 Å². The third-order valence-corrected chi connectivity index (χ3v) is 6.11. The molecule has 2 aromatic rings. The molecule has 1 aliphatic carbocycles. The number of nitrogens with zero attached hydrogens (tertiary/aromatic N) is 4. The maximum atomic E-state index is 12.5. The summed E-state index contributed by atoms with van der Waals surface area (Å²) in [5, 5.41) is 4.19. The quantitative estimate of drug-likeness (QED) is 0.786. The predicted octanol–water partition coefficient (Wildman–Crippen LogP) is 2.59. The molecular formula is C22H26N6O. The molecule has 2 N–H and O–H groups in total. The normalized spacial score (nSPS) is 21.2. The van der Waals surface area contributed by atoms with E-state index in [0.717, 1.165) is 38.2 Å². The van der Waals surface area contributed by atoms with E-state index in [2.05, 4.69) is 30.4 Å². The van der Waals surface area contributed by atoms with Crippen LogP contribution in [0.5, 0.6) is 0 Å². The van der Waals surface area contributed by atoms with Crippen molar-refractivity contribution in [2.24, 2.45) is 5.10 Å². The minimum absolute atomic E-state index is 0.205. The van der Waals surface area contributed by atoms with Gasteiger partial charge in [-0.3, -0.25) is 9.69 Å². The Morgan fingerprint density at radius 1 is 1.03 bits per heavy atom. The van der Waals surface area contributed by atoms with Crippen LogP contribution in [0.1, 0.15) is 60.4 Å². The van der Waals surface area contributed by atoms with Crippen molar-refractivity contribution < 1.29 is 4.79 Å². The van der Waals surface area contributed by atoms with Gasteiger partial charge in [-0.15, -0.1) is 0 Å². The van der Waals surface area contributed by atoms with E-state index in [1.54, 1.807) is 18.5 Å². The maximum Gasteiger partial charge on any atom is 0.273 e. The first-order valence-electron chi connectivity index (χ1n) is 10.6. The van der Waals surface area contributed by atoms with E-state index in [1.807, 2.05) is 6.08 Å². The lowest BCUT2D eigenvalue weighted by Crippen LogP contribution is -2.29. The molecule has 5 rings (SSSR count). The van der Waals surface area contributed by atoms with E-state index in [0.29, 0.717) is 17.1 Å². The second kappa shape index (κ2) is 7.91. The Morgan fingerprint density at radius 3 is 2.66 bits per heavy atom. The molecule has 0 spiro atoms. The highest BCUT2D eigenvalue weighted by Crippen LogP contribution is 2.30. The van der Waals surface area contributed by atoms with Gasteiger partial charge < -0.3 is 4.98 Å². The highest BCUT2D eigenvalue weighted by Gasteiger charge is 2.28. The molecule has 0 aromatic carbocycles. The number of fused-ring (bicyclic) bond motifs is 1. The fourth-order valence-electron chi connectivity index (χ4n) is 4.63. The molecule has 0 saturated carbocycles. The van der Waals surface area contributed by atoms with Crippen LogP contribution < -0.4 is 5.43 Å². The van der Waals surface area contributed by atoms with E-state index in [4.69, 9.17) is 0 Å². The largest absolute Gasteiger partial charge is 0.358 e. The summed E-state index contributed by atoms with van der Waals surface area (Å²) >= 11 is 0. The molecular weight excluding hydrogens is 364 g/mol. The molecule has 150 valence electrons. The number of aromatic nitrogens is 3. The SMILES string of the molecule is O=C1NN=C(c2ncccn2)C1=Cc1[nH]c2c(c1CN1CCCCC1)CCCC2. The molecule has 2 aliphatic heterocycles. The number of H-pyrrole nitrogens is 1. The van der Waals surface area contributed by atoms with Crippen molar-refractivity contribution in [3.63, 3.8) is 0 Å². The molecule has 0 radical (unpaired) electrons. The lowest BCUT2D eigenvalue weighted by Gasteiger charge is -2.27. The summed E-state index contributed by atoms with van der Waals surface area (Å²) < 4.78 is 0. The molecule has 4 heterocycles. The van der Waals surface area contributed by atoms with Gasteiger partial charge in [-0.2, -0.15) is 5.10 Å². The van der Waals surface area contributed by atoms with E-state index in [-0.39, 0.29) is 5.91 Å². The molecule has 1 saturated heterocycles. The first kappa shape index (κ1) is 18.2. The van der Waals surface area contributed by atoms with Crippen LogP contribution in [0.3, 0.4) is 0 Å². The maximum absolute atomic E-state index is 12.5. The predicted molar refractivity (Wildman–Crippen MR) is 111 cm³/mol. The summed E-state index contributed by atoms with van der Waals surface area (Å²) in [7, 11) is 0. The Morgan fingerprint density at radius 2 is 1.83 bits per heavy atom. The number of likely N-dealkylation sites (tertiary alicyclic amines) is 1. The van der Waals surface area contributed by atoms with Crippen molar-refractivity contribution in [3.8, 4) is 0 Å². The van der Waals surface area contributed by atoms with Gasteiger partial charge in [0, 0.05) is 30.3 Å². The number of piperidine rings is 1. The van der Waals surface area contributed by atoms with Crippen LogP contribution in [-0.4, -0.2) is 44.6 Å². The topological polar surface area (TPSA) is 86.3 Å². The molecule has 3 aliphatic rings. The smallest absolute Gasteiger partial charge is 0.273 e. The van der Waals surface area contributed by atoms with E-state index < -0.39 is 0 Å². The summed E-state index contributed by atoms with van der Waals surface area (Å²) in [6, 6.07) is 1.76. The second-order valence-electron chi connectivity index (χ2n) is 8.05. The third kappa shape index (κ3) is 3.62. The van der Waals surface area contributed by atoms with Crippen molar-refractivity contribution in [2.75, 3.05) is 13.1 Å². The van der Waals surface area contributed by atoms with Crippen molar-refractivity contribution in [1.82, 2.24) is 25.3 Å². The highest BCUT2D eigenvalue weighted by molar-refractivity contribution is 6.32. The minimum Gasteiger partial charge on any atom is -0.358 e. The van der Waals surface area contributed by atoms with E-state index in [1.165, 1.54) is 48.9 Å². The molecule has 0 atom stereocenters. The Hall–Kier alpha value is -2.80. The van der Waals surface area contributed by atoms with Gasteiger partial charge in [0.25, 0.3) is 5.91 Å². The molecule has 29 heavy (non-hydrogen) atoms. The number of carbonyl (C=O) groups excluding carboxylic acids is 1. The molecule has 2 aromatic heterocycles. The monoisotopic (exact) mass is 390 g/mol. The molecule has 0 unspecified atom stereocenters. The van der Waals surface area contributed by atoms with Crippen LogP contribution in [-0.2, 0) is 24.2 Å². The van der Waals surface area contributed by atoms with Crippen molar-refractivity contribution >= 4 is 17.7 Å². The fourth-order valence-corrected chi connectivity index (χ4v) is 4.63. The first-order chi connectivity index (χ1) is 14.3. The first-order valence-corrected chi connectivity index (χ1v) is 10.6. The number of amides is 1. The number of rotatable bonds is 4. The third-order valence-electron chi connectivity index (χ3n) is 6.11. The molecule has 7 nitrogen and oxygen atoms in total. The van der Waals surface area contributed by atoms with Gasteiger partial charge >= 0.3 is 0 Å². The number of hydrogen-bond acceptors (Lipinski definition) is 5. The van der Waals surface area contributed by atoms with Gasteiger partial charge in [-0.1, -0.05) is 6.42 Å². The van der Waals surface area contributed by atoms with Crippen LogP contribution in [0, 0.1) is 0 Å². The van der Waals surface area contributed by atoms with Crippen LogP contribution in [0.15, 0.2) is 29.1 Å². The fraction of sp³-hybridized carbons (Fsp3) is 0.455. The summed E-state index contributed by atoms with van der Waals surface area (Å²) in [4.78, 5) is 27.3. The number of aryl methyl sites for hydroxylation is 1. The number of carbonyl (C=O) groups is 1. The summed E-state index contributed by atoms with van der Waals surface area (Å²) in [6.07, 6.45) is 13.8. The highest BCUT2D eigenvalue weighted by atomic mass is 16.2. The summed E-state index contributed by atoms with van der Waals surface area (Å²) in [5.41, 5.74) is 8.79. The van der Waals surface area contributed by atoms with Crippen LogP contribution in [0.25, 0.3) is 6.08 Å². The van der Waals surface area contributed by atoms with E-state index >= 15 is 0 Å². The summed E-state index contributed by atoms with van der Waals surface area (Å²) in [6.45, 7) is 3.25. The number of aromatic amines is 1. The van der Waals surface area contributed by atoms with Gasteiger partial charge in [-0.05, 0) is 74.9 Å². The zero-order chi connectivity index (χ0) is 19.6.